The summed E-state index contributed by atoms with van der Waals surface area (Å²) in [6.07, 6.45) is 17.1. The fourth-order valence-corrected chi connectivity index (χ4v) is 5.09. The molecule has 228 valence electrons. The highest BCUT2D eigenvalue weighted by molar-refractivity contribution is 7.46. The molecule has 0 bridgehead atoms. The van der Waals surface area contributed by atoms with E-state index in [0.717, 1.165) is 32.1 Å². The van der Waals surface area contributed by atoms with Crippen LogP contribution in [0.5, 0.6) is 0 Å². The molecule has 0 amide bonds. The van der Waals surface area contributed by atoms with E-state index in [4.69, 9.17) is 6.54 Å². The molecule has 10 heteroatoms. The first-order chi connectivity index (χ1) is 18.7. The fourth-order valence-electron chi connectivity index (χ4n) is 4.52. The summed E-state index contributed by atoms with van der Waals surface area (Å²) in [5.41, 5.74) is 0. The number of rotatable bonds is 28. The van der Waals surface area contributed by atoms with Gasteiger partial charge in [0, 0.05) is 0 Å². The molecule has 0 aromatic carbocycles. The van der Waals surface area contributed by atoms with Gasteiger partial charge < -0.3 is 35.3 Å². The lowest BCUT2D eigenvalue weighted by atomic mass is 9.96. The molecule has 0 aromatic heterocycles. The monoisotopic (exact) mass is 569 g/mol. The van der Waals surface area contributed by atoms with Gasteiger partial charge in [0.05, 0.1) is 12.7 Å². The topological polar surface area (TPSA) is 168 Å². The third-order valence-corrected chi connectivity index (χ3v) is 7.42. The summed E-state index contributed by atoms with van der Waals surface area (Å²) in [4.78, 5) is 13.0. The van der Waals surface area contributed by atoms with Gasteiger partial charge in [0.15, 0.2) is 0 Å². The number of hydrogen-bond donors (Lipinski definition) is 7. The van der Waals surface area contributed by atoms with E-state index in [1.54, 1.807) is 0 Å². The lowest BCUT2D eigenvalue weighted by molar-refractivity contribution is -0.137. The van der Waals surface area contributed by atoms with Crippen LogP contribution in [0.3, 0.4) is 0 Å². The van der Waals surface area contributed by atoms with Crippen LogP contribution < -0.4 is 0 Å². The Morgan fingerprint density at radius 3 is 1.61 bits per heavy atom. The van der Waals surface area contributed by atoms with Gasteiger partial charge in [-0.25, -0.2) is 4.57 Å². The summed E-state index contributed by atoms with van der Waals surface area (Å²) < 4.78 is 22.9. The molecule has 38 heavy (non-hydrogen) atoms. The van der Waals surface area contributed by atoms with Crippen LogP contribution in [-0.4, -0.2) is 73.9 Å². The van der Waals surface area contributed by atoms with E-state index < -0.39 is 44.9 Å². The molecular formula is C28H57O9P. The van der Waals surface area contributed by atoms with Gasteiger partial charge in [-0.3, -0.25) is 4.52 Å². The summed E-state index contributed by atoms with van der Waals surface area (Å²) >= 11 is 0. The normalized spacial score (nSPS) is 18.1. The largest absolute Gasteiger partial charge is 0.470 e. The van der Waals surface area contributed by atoms with E-state index in [0.29, 0.717) is 6.42 Å². The summed E-state index contributed by atoms with van der Waals surface area (Å²) in [5.74, 6) is 0. The number of phosphoric acid groups is 1. The van der Waals surface area contributed by atoms with Gasteiger partial charge in [0.25, 0.3) is 0 Å². The van der Waals surface area contributed by atoms with Gasteiger partial charge in [-0.05, 0) is 32.1 Å². The standard InChI is InChI=1S/C28H57O9P/c1-2-3-4-5-6-7-8-9-10-11-12-13-14-15-16-17-18-19-20-21-22-24(30)28(37-38(34,35)36)27(33)26(32)25(31)23-29/h10-11,24-33H,2-9,12-23H2,1H3,(H2,34,35,36)/b11-10-/t24?,25-,26-,27+,28-/m1/s1/i/hD. The van der Waals surface area contributed by atoms with Crippen LogP contribution in [-0.2, 0) is 9.09 Å². The lowest BCUT2D eigenvalue weighted by Gasteiger charge is -2.31. The molecule has 0 aliphatic carbocycles. The van der Waals surface area contributed by atoms with Crippen LogP contribution >= 0.6 is 7.82 Å². The van der Waals surface area contributed by atoms with Crippen molar-refractivity contribution < 1.29 is 44.4 Å². The van der Waals surface area contributed by atoms with Gasteiger partial charge in [-0.2, -0.15) is 0 Å². The van der Waals surface area contributed by atoms with Gasteiger partial charge in [-0.15, -0.1) is 0 Å². The van der Waals surface area contributed by atoms with Crippen molar-refractivity contribution in [3.63, 3.8) is 0 Å². The zero-order chi connectivity index (χ0) is 29.4. The Labute approximate surface area is 232 Å². The maximum Gasteiger partial charge on any atom is 0.470 e. The minimum atomic E-state index is -4.91. The molecule has 0 saturated heterocycles. The van der Waals surface area contributed by atoms with Crippen LogP contribution in [0.2, 0.25) is 0 Å². The molecule has 0 aliphatic rings. The molecule has 0 radical (unpaired) electrons. The average Bonchev–Trinajstić information content (AvgIpc) is 2.93. The van der Waals surface area contributed by atoms with Crippen molar-refractivity contribution in [2.75, 3.05) is 6.61 Å². The number of allylic oxidation sites excluding steroid dienone is 2. The molecule has 7 N–H and O–H groups in total. The van der Waals surface area contributed by atoms with E-state index in [2.05, 4.69) is 28.5 Å². The van der Waals surface area contributed by atoms with Crippen molar-refractivity contribution in [3.8, 4) is 0 Å². The first kappa shape index (κ1) is 35.7. The fraction of sp³-hybridized carbons (Fsp3) is 0.929. The van der Waals surface area contributed by atoms with Crippen LogP contribution in [0, 0.1) is 0 Å². The molecule has 6 atom stereocenters. The molecular weight excluding hydrogens is 511 g/mol. The first-order valence-corrected chi connectivity index (χ1v) is 16.3. The number of aliphatic hydroxyl groups is 5. The maximum atomic E-state index is 11.6. The van der Waals surface area contributed by atoms with Crippen molar-refractivity contribution in [3.05, 3.63) is 12.2 Å². The summed E-state index contributed by atoms with van der Waals surface area (Å²) in [7, 11) is -4.91. The molecule has 9 nitrogen and oxygen atoms in total. The smallest absolute Gasteiger partial charge is 0.394 e. The molecule has 0 fully saturated rings. The third-order valence-electron chi connectivity index (χ3n) is 6.91. The minimum Gasteiger partial charge on any atom is -0.394 e. The summed E-state index contributed by atoms with van der Waals surface area (Å²) in [5, 5.41) is 49.0. The lowest BCUT2D eigenvalue weighted by Crippen LogP contribution is -2.50. The second kappa shape index (κ2) is 24.4. The van der Waals surface area contributed by atoms with Crippen LogP contribution in [0.4, 0.5) is 0 Å². The molecule has 0 aromatic rings. The van der Waals surface area contributed by atoms with Crippen LogP contribution in [0.25, 0.3) is 0 Å². The maximum absolute atomic E-state index is 11.6. The zero-order valence-electron chi connectivity index (χ0n) is 24.5. The van der Waals surface area contributed by atoms with Crippen molar-refractivity contribution in [1.82, 2.24) is 0 Å². The van der Waals surface area contributed by atoms with Gasteiger partial charge >= 0.3 is 7.82 Å². The van der Waals surface area contributed by atoms with E-state index in [1.807, 2.05) is 0 Å². The third kappa shape index (κ3) is 21.5. The Balaban J connectivity index is 3.91. The Bertz CT molecular complexity index is 626. The number of unbranched alkanes of at least 4 members (excludes halogenated alkanes) is 16. The van der Waals surface area contributed by atoms with Crippen LogP contribution in [0.15, 0.2) is 12.2 Å². The van der Waals surface area contributed by atoms with Gasteiger partial charge in [-0.1, -0.05) is 109 Å². The molecule has 0 rings (SSSR count). The molecule has 0 heterocycles. The Morgan fingerprint density at radius 1 is 0.711 bits per heavy atom. The Hall–Kier alpha value is -0.350. The molecule has 2 unspecified atom stereocenters. The zero-order valence-corrected chi connectivity index (χ0v) is 24.4. The van der Waals surface area contributed by atoms with E-state index >= 15 is 0 Å². The van der Waals surface area contributed by atoms with Crippen molar-refractivity contribution in [2.24, 2.45) is 0 Å². The van der Waals surface area contributed by atoms with Crippen LogP contribution in [0.1, 0.15) is 129 Å². The average molecular weight is 570 g/mol. The van der Waals surface area contributed by atoms with Crippen molar-refractivity contribution >= 4 is 7.82 Å². The molecule has 0 aliphatic heterocycles. The first-order valence-electron chi connectivity index (χ1n) is 15.2. The number of aliphatic hydroxyl groups excluding tert-OH is 5. The second-order valence-electron chi connectivity index (χ2n) is 10.5. The van der Waals surface area contributed by atoms with Crippen molar-refractivity contribution in [1.29, 1.82) is 1.43 Å². The van der Waals surface area contributed by atoms with E-state index in [-0.39, 0.29) is 6.42 Å². The predicted octanol–water partition coefficient (Wildman–Crippen LogP) is 4.89. The minimum absolute atomic E-state index is 0.105. The highest BCUT2D eigenvalue weighted by atomic mass is 31.2. The van der Waals surface area contributed by atoms with E-state index in [1.165, 1.54) is 77.0 Å². The summed E-state index contributed by atoms with van der Waals surface area (Å²) in [6, 6.07) is 0. The highest BCUT2D eigenvalue weighted by Gasteiger charge is 2.39. The van der Waals surface area contributed by atoms with E-state index in [9.17, 15) is 29.9 Å². The quantitative estimate of drug-likeness (QED) is 0.0394. The Morgan fingerprint density at radius 2 is 1.16 bits per heavy atom. The molecule has 0 saturated carbocycles. The number of hydrogen-bond acceptors (Lipinski definition) is 8. The predicted molar refractivity (Wildman–Crippen MR) is 151 cm³/mol. The summed E-state index contributed by atoms with van der Waals surface area (Å²) in [6.45, 7) is 1.38. The molecule has 0 spiro atoms. The number of phosphoric ester groups is 1. The van der Waals surface area contributed by atoms with Crippen molar-refractivity contribution in [2.45, 2.75) is 159 Å². The van der Waals surface area contributed by atoms with Gasteiger partial charge in [0.1, 0.15) is 24.4 Å². The van der Waals surface area contributed by atoms with Gasteiger partial charge in [0.2, 0.25) is 1.43 Å². The Kier molecular flexibility index (Phi) is 23.0. The SMILES string of the molecule is [2H]OP(=O)(O)O[C@H](C(O)CCCCCCCCCCC/C=C\CCCCCCCCC)[C@@H](O)[C@H](O)[C@H](O)CO. The highest BCUT2D eigenvalue weighted by Crippen LogP contribution is 2.40. The second-order valence-corrected chi connectivity index (χ2v) is 11.6.